The molecule has 18 heavy (non-hydrogen) atoms. The molecule has 2 unspecified atom stereocenters. The summed E-state index contributed by atoms with van der Waals surface area (Å²) in [6.45, 7) is 5.34. The van der Waals surface area contributed by atoms with Gasteiger partial charge in [0.25, 0.3) is 0 Å². The molecule has 1 aromatic heterocycles. The molecule has 2 atom stereocenters. The third-order valence-electron chi connectivity index (χ3n) is 2.22. The average molecular weight is 384 g/mol. The zero-order valence-electron chi connectivity index (χ0n) is 10.9. The number of aromatic nitrogens is 1. The van der Waals surface area contributed by atoms with E-state index in [1.807, 2.05) is 18.5 Å². The van der Waals surface area contributed by atoms with Gasteiger partial charge in [0.1, 0.15) is 0 Å². The van der Waals surface area contributed by atoms with Crippen LogP contribution < -0.4 is 11.1 Å². The van der Waals surface area contributed by atoms with Crippen LogP contribution in [-0.2, 0) is 4.74 Å². The molecule has 7 heteroatoms. The summed E-state index contributed by atoms with van der Waals surface area (Å²) in [6.07, 6.45) is 1.81. The molecule has 1 heterocycles. The molecule has 0 aromatic carbocycles. The van der Waals surface area contributed by atoms with Crippen LogP contribution in [0.1, 0.15) is 24.8 Å². The maximum Gasteiger partial charge on any atom is 0.188 e. The van der Waals surface area contributed by atoms with Crippen molar-refractivity contribution in [2.45, 2.75) is 25.8 Å². The Hall–Kier alpha value is -0.410. The number of ether oxygens (including phenoxy) is 1. The molecule has 0 aliphatic carbocycles. The van der Waals surface area contributed by atoms with Crippen molar-refractivity contribution in [3.05, 3.63) is 16.6 Å². The van der Waals surface area contributed by atoms with Crippen molar-refractivity contribution in [1.29, 1.82) is 0 Å². The molecular weight excluding hydrogens is 363 g/mol. The molecule has 0 fully saturated rings. The number of thiazole rings is 1. The van der Waals surface area contributed by atoms with Crippen molar-refractivity contribution in [1.82, 2.24) is 10.3 Å². The second-order valence-corrected chi connectivity index (χ2v) is 4.92. The van der Waals surface area contributed by atoms with Gasteiger partial charge in [-0.15, -0.1) is 35.3 Å². The molecule has 1 rings (SSSR count). The summed E-state index contributed by atoms with van der Waals surface area (Å²) < 4.78 is 5.01. The van der Waals surface area contributed by atoms with Gasteiger partial charge in [-0.3, -0.25) is 4.99 Å². The first-order chi connectivity index (χ1) is 8.13. The van der Waals surface area contributed by atoms with E-state index in [0.29, 0.717) is 25.0 Å². The van der Waals surface area contributed by atoms with Crippen LogP contribution in [0.15, 0.2) is 16.6 Å². The number of nitrogens with two attached hydrogens (primary N) is 1. The van der Waals surface area contributed by atoms with E-state index in [1.165, 1.54) is 0 Å². The normalized spacial score (nSPS) is 14.7. The Morgan fingerprint density at radius 2 is 2.33 bits per heavy atom. The van der Waals surface area contributed by atoms with Gasteiger partial charge in [-0.1, -0.05) is 6.92 Å². The highest BCUT2D eigenvalue weighted by Gasteiger charge is 2.08. The fraction of sp³-hybridized carbons (Fsp3) is 0.636. The van der Waals surface area contributed by atoms with Crippen LogP contribution in [0.2, 0.25) is 0 Å². The first kappa shape index (κ1) is 17.6. The highest BCUT2D eigenvalue weighted by Crippen LogP contribution is 2.17. The largest absolute Gasteiger partial charge is 0.383 e. The quantitative estimate of drug-likeness (QED) is 0.446. The summed E-state index contributed by atoms with van der Waals surface area (Å²) in [4.78, 5) is 8.55. The zero-order chi connectivity index (χ0) is 12.7. The summed E-state index contributed by atoms with van der Waals surface area (Å²) in [6, 6.07) is 0.166. The Labute approximate surface area is 129 Å². The number of halogens is 1. The molecule has 104 valence electrons. The van der Waals surface area contributed by atoms with E-state index in [2.05, 4.69) is 22.2 Å². The van der Waals surface area contributed by atoms with Crippen LogP contribution in [0.25, 0.3) is 0 Å². The third-order valence-corrected chi connectivity index (χ3v) is 3.23. The van der Waals surface area contributed by atoms with Gasteiger partial charge in [-0.2, -0.15) is 0 Å². The molecule has 0 spiro atoms. The zero-order valence-corrected chi connectivity index (χ0v) is 14.1. The van der Waals surface area contributed by atoms with Gasteiger partial charge in [0, 0.05) is 30.6 Å². The topological polar surface area (TPSA) is 72.5 Å². The summed E-state index contributed by atoms with van der Waals surface area (Å²) in [7, 11) is 1.66. The van der Waals surface area contributed by atoms with Crippen LogP contribution in [0, 0.1) is 0 Å². The molecule has 0 saturated carbocycles. The molecule has 0 bridgehead atoms. The van der Waals surface area contributed by atoms with E-state index in [4.69, 9.17) is 10.5 Å². The lowest BCUT2D eigenvalue weighted by Crippen LogP contribution is -2.40. The fourth-order valence-electron chi connectivity index (χ4n) is 1.38. The fourth-order valence-corrected chi connectivity index (χ4v) is 2.07. The first-order valence-electron chi connectivity index (χ1n) is 5.58. The summed E-state index contributed by atoms with van der Waals surface area (Å²) in [5.41, 5.74) is 5.77. The van der Waals surface area contributed by atoms with Gasteiger partial charge >= 0.3 is 0 Å². The van der Waals surface area contributed by atoms with Gasteiger partial charge in [-0.25, -0.2) is 4.98 Å². The first-order valence-corrected chi connectivity index (χ1v) is 6.46. The van der Waals surface area contributed by atoms with Gasteiger partial charge in [0.05, 0.1) is 18.2 Å². The van der Waals surface area contributed by atoms with E-state index >= 15 is 0 Å². The summed E-state index contributed by atoms with van der Waals surface area (Å²) in [5, 5.41) is 6.13. The predicted molar refractivity (Wildman–Crippen MR) is 86.9 cm³/mol. The number of aliphatic imine (C=N–C) groups is 1. The molecule has 0 aliphatic heterocycles. The molecule has 0 radical (unpaired) electrons. The maximum absolute atomic E-state index is 5.77. The van der Waals surface area contributed by atoms with Gasteiger partial charge < -0.3 is 15.8 Å². The Morgan fingerprint density at radius 1 is 1.61 bits per heavy atom. The average Bonchev–Trinajstić information content (AvgIpc) is 2.79. The minimum atomic E-state index is 0. The lowest BCUT2D eigenvalue weighted by atomic mass is 10.2. The molecule has 1 aromatic rings. The van der Waals surface area contributed by atoms with E-state index in [1.54, 1.807) is 18.4 Å². The third kappa shape index (κ3) is 6.50. The van der Waals surface area contributed by atoms with E-state index in [0.717, 1.165) is 5.01 Å². The molecule has 0 saturated heterocycles. The number of rotatable bonds is 6. The van der Waals surface area contributed by atoms with Crippen LogP contribution >= 0.6 is 35.3 Å². The molecule has 5 nitrogen and oxygen atoms in total. The van der Waals surface area contributed by atoms with E-state index in [-0.39, 0.29) is 30.0 Å². The number of nitrogens with one attached hydrogen (secondary N) is 1. The van der Waals surface area contributed by atoms with Crippen molar-refractivity contribution >= 4 is 41.3 Å². The molecule has 0 aliphatic rings. The Morgan fingerprint density at radius 3 is 2.89 bits per heavy atom. The van der Waals surface area contributed by atoms with Crippen LogP contribution in [0.5, 0.6) is 0 Å². The molecule has 3 N–H and O–H groups in total. The second kappa shape index (κ2) is 9.51. The minimum Gasteiger partial charge on any atom is -0.383 e. The van der Waals surface area contributed by atoms with Crippen molar-refractivity contribution in [3.63, 3.8) is 0 Å². The maximum atomic E-state index is 5.77. The van der Waals surface area contributed by atoms with Crippen molar-refractivity contribution in [2.75, 3.05) is 20.3 Å². The predicted octanol–water partition coefficient (Wildman–Crippen LogP) is 1.80. The molecular formula is C11H21IN4OS. The van der Waals surface area contributed by atoms with Gasteiger partial charge in [0.2, 0.25) is 0 Å². The van der Waals surface area contributed by atoms with Gasteiger partial charge in [0.15, 0.2) is 5.96 Å². The monoisotopic (exact) mass is 384 g/mol. The highest BCUT2D eigenvalue weighted by atomic mass is 127. The number of guanidine groups is 1. The Kier molecular flexibility index (Phi) is 9.29. The standard InChI is InChI=1S/C11H20N4OS.HI/c1-8(10-13-4-5-17-10)6-14-11(12)15-9(2)7-16-3;/h4-5,8-9H,6-7H2,1-3H3,(H3,12,14,15);1H. The Bertz CT molecular complexity index is 345. The van der Waals surface area contributed by atoms with Crippen molar-refractivity contribution in [3.8, 4) is 0 Å². The number of methoxy groups -OCH3 is 1. The lowest BCUT2D eigenvalue weighted by molar-refractivity contribution is 0.179. The van der Waals surface area contributed by atoms with Crippen molar-refractivity contribution < 1.29 is 4.74 Å². The second-order valence-electron chi connectivity index (χ2n) is 4.00. The smallest absolute Gasteiger partial charge is 0.188 e. The number of hydrogen-bond acceptors (Lipinski definition) is 4. The van der Waals surface area contributed by atoms with Gasteiger partial charge in [-0.05, 0) is 6.92 Å². The van der Waals surface area contributed by atoms with Crippen molar-refractivity contribution in [2.24, 2.45) is 10.7 Å². The van der Waals surface area contributed by atoms with Crippen LogP contribution in [-0.4, -0.2) is 37.2 Å². The number of hydrogen-bond donors (Lipinski definition) is 2. The SMILES string of the molecule is COCC(C)NC(N)=NCC(C)c1nccs1.I. The van der Waals surface area contributed by atoms with E-state index < -0.39 is 0 Å². The van der Waals surface area contributed by atoms with E-state index in [9.17, 15) is 0 Å². The minimum absolute atomic E-state index is 0. The molecule has 0 amide bonds. The Balaban J connectivity index is 0.00000289. The number of nitrogens with zero attached hydrogens (tertiary/aromatic N) is 2. The van der Waals surface area contributed by atoms with Crippen LogP contribution in [0.3, 0.4) is 0 Å². The highest BCUT2D eigenvalue weighted by molar-refractivity contribution is 14.0. The summed E-state index contributed by atoms with van der Waals surface area (Å²) in [5.74, 6) is 0.756. The van der Waals surface area contributed by atoms with Crippen LogP contribution in [0.4, 0.5) is 0 Å². The summed E-state index contributed by atoms with van der Waals surface area (Å²) >= 11 is 1.64. The lowest BCUT2D eigenvalue weighted by Gasteiger charge is -2.13.